The highest BCUT2D eigenvalue weighted by molar-refractivity contribution is 5.99. The number of hydrogen-bond acceptors (Lipinski definition) is 6. The van der Waals surface area contributed by atoms with Crippen molar-refractivity contribution in [3.05, 3.63) is 26.7 Å². The number of H-pyrrole nitrogens is 1. The smallest absolute Gasteiger partial charge is 0.329 e. The predicted molar refractivity (Wildman–Crippen MR) is 93.1 cm³/mol. The highest BCUT2D eigenvalue weighted by Crippen LogP contribution is 2.44. The van der Waals surface area contributed by atoms with Gasteiger partial charge in [0.1, 0.15) is 11.2 Å². The van der Waals surface area contributed by atoms with Crippen LogP contribution in [0.25, 0.3) is 10.9 Å². The standard InChI is InChI=1S/C16H20FN5O3/c1-25-14-12-9(15(23)20-16(24)22(12)8-2-3-8)11(18)10(17)13(14)21-6-4-19-5-7-21/h8,19H,2-7,18H2,1H3,(H,20,23,24). The fraction of sp³-hybridized carbons (Fsp3) is 0.500. The van der Waals surface area contributed by atoms with Crippen LogP contribution in [0.3, 0.4) is 0 Å². The Morgan fingerprint density at radius 2 is 1.92 bits per heavy atom. The van der Waals surface area contributed by atoms with Gasteiger partial charge in [-0.2, -0.15) is 0 Å². The molecular formula is C16H20FN5O3. The van der Waals surface area contributed by atoms with Gasteiger partial charge in [0.25, 0.3) is 5.56 Å². The first-order chi connectivity index (χ1) is 12.0. The number of nitrogens with two attached hydrogens (primary N) is 1. The monoisotopic (exact) mass is 349 g/mol. The number of anilines is 2. The second kappa shape index (κ2) is 5.76. The molecule has 1 saturated heterocycles. The van der Waals surface area contributed by atoms with Gasteiger partial charge in [-0.1, -0.05) is 0 Å². The normalized spacial score (nSPS) is 17.9. The number of methoxy groups -OCH3 is 1. The Morgan fingerprint density at radius 3 is 2.52 bits per heavy atom. The predicted octanol–water partition coefficient (Wildman–Crippen LogP) is 0.164. The van der Waals surface area contributed by atoms with Gasteiger partial charge >= 0.3 is 5.69 Å². The first kappa shape index (κ1) is 15.9. The SMILES string of the molecule is COc1c(N2CCNCC2)c(F)c(N)c2c(=O)[nH]c(=O)n(C3CC3)c12. The van der Waals surface area contributed by atoms with Crippen LogP contribution in [0.4, 0.5) is 15.8 Å². The lowest BCUT2D eigenvalue weighted by atomic mass is 10.1. The Labute approximate surface area is 142 Å². The zero-order chi connectivity index (χ0) is 17.7. The van der Waals surface area contributed by atoms with E-state index < -0.39 is 17.1 Å². The summed E-state index contributed by atoms with van der Waals surface area (Å²) < 4.78 is 22.1. The van der Waals surface area contributed by atoms with Gasteiger partial charge in [-0.05, 0) is 12.8 Å². The van der Waals surface area contributed by atoms with Crippen molar-refractivity contribution in [2.24, 2.45) is 0 Å². The molecule has 25 heavy (non-hydrogen) atoms. The van der Waals surface area contributed by atoms with Crippen LogP contribution in [0.2, 0.25) is 0 Å². The molecule has 2 aromatic rings. The van der Waals surface area contributed by atoms with E-state index in [1.807, 2.05) is 4.90 Å². The fourth-order valence-electron chi connectivity index (χ4n) is 3.52. The van der Waals surface area contributed by atoms with Gasteiger partial charge in [0.15, 0.2) is 11.6 Å². The summed E-state index contributed by atoms with van der Waals surface area (Å²) >= 11 is 0. The summed E-state index contributed by atoms with van der Waals surface area (Å²) in [6.07, 6.45) is 1.65. The van der Waals surface area contributed by atoms with Crippen molar-refractivity contribution in [1.82, 2.24) is 14.9 Å². The second-order valence-corrected chi connectivity index (χ2v) is 6.43. The quantitative estimate of drug-likeness (QED) is 0.682. The van der Waals surface area contributed by atoms with Gasteiger partial charge in [-0.15, -0.1) is 0 Å². The first-order valence-electron chi connectivity index (χ1n) is 8.33. The summed E-state index contributed by atoms with van der Waals surface area (Å²) in [6, 6.07) is -0.0264. The number of fused-ring (bicyclic) bond motifs is 1. The number of benzene rings is 1. The molecule has 2 heterocycles. The molecule has 2 fully saturated rings. The average Bonchev–Trinajstić information content (AvgIpc) is 3.43. The minimum Gasteiger partial charge on any atom is -0.492 e. The topological polar surface area (TPSA) is 105 Å². The van der Waals surface area contributed by atoms with Gasteiger partial charge in [0.05, 0.1) is 18.2 Å². The fourth-order valence-corrected chi connectivity index (χ4v) is 3.52. The molecule has 134 valence electrons. The van der Waals surface area contributed by atoms with Crippen LogP contribution in [-0.2, 0) is 0 Å². The average molecular weight is 349 g/mol. The Morgan fingerprint density at radius 1 is 1.24 bits per heavy atom. The maximum Gasteiger partial charge on any atom is 0.329 e. The minimum absolute atomic E-state index is 0.0264. The minimum atomic E-state index is -0.696. The van der Waals surface area contributed by atoms with E-state index in [1.54, 1.807) is 0 Å². The molecule has 1 saturated carbocycles. The van der Waals surface area contributed by atoms with Gasteiger partial charge in [0, 0.05) is 32.2 Å². The number of halogens is 1. The van der Waals surface area contributed by atoms with E-state index >= 15 is 4.39 Å². The maximum atomic E-state index is 15.1. The molecule has 0 atom stereocenters. The first-order valence-corrected chi connectivity index (χ1v) is 8.33. The third-order valence-corrected chi connectivity index (χ3v) is 4.84. The lowest BCUT2D eigenvalue weighted by molar-refractivity contribution is 0.411. The summed E-state index contributed by atoms with van der Waals surface area (Å²) in [5.41, 5.74) is 5.02. The number of ether oxygens (including phenoxy) is 1. The van der Waals surface area contributed by atoms with Crippen LogP contribution in [0.1, 0.15) is 18.9 Å². The number of nitrogens with one attached hydrogen (secondary N) is 2. The molecule has 0 bridgehead atoms. The summed E-state index contributed by atoms with van der Waals surface area (Å²) in [5, 5.41) is 3.18. The summed E-state index contributed by atoms with van der Waals surface area (Å²) in [7, 11) is 1.42. The van der Waals surface area contributed by atoms with Crippen molar-refractivity contribution in [1.29, 1.82) is 0 Å². The van der Waals surface area contributed by atoms with E-state index in [4.69, 9.17) is 10.5 Å². The van der Waals surface area contributed by atoms with Crippen LogP contribution in [-0.4, -0.2) is 42.8 Å². The van der Waals surface area contributed by atoms with Gasteiger partial charge < -0.3 is 20.7 Å². The molecule has 2 aliphatic rings. The van der Waals surface area contributed by atoms with E-state index in [-0.39, 0.29) is 34.1 Å². The maximum absolute atomic E-state index is 15.1. The molecule has 1 aliphatic carbocycles. The van der Waals surface area contributed by atoms with Crippen molar-refractivity contribution in [2.45, 2.75) is 18.9 Å². The van der Waals surface area contributed by atoms with Crippen molar-refractivity contribution in [3.8, 4) is 5.75 Å². The Bertz CT molecular complexity index is 957. The summed E-state index contributed by atoms with van der Waals surface area (Å²) in [4.78, 5) is 28.8. The van der Waals surface area contributed by atoms with Crippen LogP contribution in [0.5, 0.6) is 5.75 Å². The number of nitrogens with zero attached hydrogens (tertiary/aromatic N) is 2. The highest BCUT2D eigenvalue weighted by Gasteiger charge is 2.33. The zero-order valence-corrected chi connectivity index (χ0v) is 13.9. The van der Waals surface area contributed by atoms with Gasteiger partial charge in [-0.3, -0.25) is 14.3 Å². The van der Waals surface area contributed by atoms with E-state index in [2.05, 4.69) is 10.3 Å². The molecule has 1 aliphatic heterocycles. The van der Waals surface area contributed by atoms with Gasteiger partial charge in [-0.25, -0.2) is 9.18 Å². The molecule has 4 N–H and O–H groups in total. The molecule has 1 aromatic carbocycles. The molecule has 8 nitrogen and oxygen atoms in total. The number of aromatic amines is 1. The van der Waals surface area contributed by atoms with Crippen LogP contribution >= 0.6 is 0 Å². The van der Waals surface area contributed by atoms with E-state index in [0.29, 0.717) is 26.2 Å². The Balaban J connectivity index is 2.13. The second-order valence-electron chi connectivity index (χ2n) is 6.43. The Kier molecular flexibility index (Phi) is 3.68. The van der Waals surface area contributed by atoms with E-state index in [0.717, 1.165) is 12.8 Å². The van der Waals surface area contributed by atoms with Crippen molar-refractivity contribution in [2.75, 3.05) is 43.9 Å². The van der Waals surface area contributed by atoms with E-state index in [1.165, 1.54) is 11.7 Å². The van der Waals surface area contributed by atoms with E-state index in [9.17, 15) is 9.59 Å². The number of rotatable bonds is 3. The highest BCUT2D eigenvalue weighted by atomic mass is 19.1. The molecule has 0 radical (unpaired) electrons. The lowest BCUT2D eigenvalue weighted by Crippen LogP contribution is -2.44. The van der Waals surface area contributed by atoms with Gasteiger partial charge in [0.2, 0.25) is 0 Å². The third-order valence-electron chi connectivity index (χ3n) is 4.84. The number of nitrogen functional groups attached to an aromatic ring is 1. The number of piperazine rings is 1. The number of hydrogen-bond donors (Lipinski definition) is 3. The third kappa shape index (κ3) is 2.38. The number of aromatic nitrogens is 2. The lowest BCUT2D eigenvalue weighted by Gasteiger charge is -2.32. The van der Waals surface area contributed by atoms with Crippen LogP contribution in [0, 0.1) is 5.82 Å². The Hall–Kier alpha value is -2.55. The van der Waals surface area contributed by atoms with Crippen molar-refractivity contribution >= 4 is 22.3 Å². The molecule has 0 amide bonds. The molecule has 4 rings (SSSR count). The molecule has 1 aromatic heterocycles. The largest absolute Gasteiger partial charge is 0.492 e. The molecule has 0 spiro atoms. The molecule has 9 heteroatoms. The van der Waals surface area contributed by atoms with Crippen LogP contribution < -0.4 is 31.9 Å². The molecule has 0 unspecified atom stereocenters. The summed E-state index contributed by atoms with van der Waals surface area (Å²) in [6.45, 7) is 2.56. The van der Waals surface area contributed by atoms with Crippen molar-refractivity contribution in [3.63, 3.8) is 0 Å². The summed E-state index contributed by atoms with van der Waals surface area (Å²) in [5.74, 6) is -0.489. The van der Waals surface area contributed by atoms with Crippen molar-refractivity contribution < 1.29 is 9.13 Å². The van der Waals surface area contributed by atoms with Crippen LogP contribution in [0.15, 0.2) is 9.59 Å². The zero-order valence-electron chi connectivity index (χ0n) is 13.9. The molecular weight excluding hydrogens is 329 g/mol.